The quantitative estimate of drug-likeness (QED) is 0.220. The fourth-order valence-corrected chi connectivity index (χ4v) is 3.80. The van der Waals surface area contributed by atoms with Gasteiger partial charge in [-0.25, -0.2) is 17.7 Å². The van der Waals surface area contributed by atoms with Crippen molar-refractivity contribution in [2.75, 3.05) is 0 Å². The Morgan fingerprint density at radius 2 is 1.37 bits per heavy atom. The topological polar surface area (TPSA) is 0 Å². The second-order valence-electron chi connectivity index (χ2n) is 6.55. The van der Waals surface area contributed by atoms with Crippen molar-refractivity contribution in [2.24, 2.45) is 0 Å². The molecule has 0 heterocycles. The van der Waals surface area contributed by atoms with Crippen molar-refractivity contribution in [2.45, 2.75) is 32.1 Å². The first kappa shape index (κ1) is 33.0. The first-order valence-corrected chi connectivity index (χ1v) is 8.86. The van der Waals surface area contributed by atoms with Gasteiger partial charge in [-0.05, 0) is 31.2 Å². The molecule has 2 aliphatic carbocycles. The minimum atomic E-state index is 0. The van der Waals surface area contributed by atoms with E-state index in [1.165, 1.54) is 36.0 Å². The number of hydrogen-bond acceptors (Lipinski definition) is 0. The maximum atomic E-state index is 3.62. The molecule has 2 aliphatic rings. The Kier molecular flexibility index (Phi) is 17.8. The van der Waals surface area contributed by atoms with Gasteiger partial charge in [0.25, 0.3) is 0 Å². The second kappa shape index (κ2) is 16.1. The third-order valence-corrected chi connectivity index (χ3v) is 4.94. The molecule has 0 fully saturated rings. The summed E-state index contributed by atoms with van der Waals surface area (Å²) in [7, 11) is 0. The summed E-state index contributed by atoms with van der Waals surface area (Å²) in [6.07, 6.45) is 9.50. The van der Waals surface area contributed by atoms with Gasteiger partial charge in [0.05, 0.1) is 0 Å². The van der Waals surface area contributed by atoms with E-state index in [0.29, 0.717) is 0 Å². The number of benzene rings is 2. The van der Waals surface area contributed by atoms with E-state index in [0.717, 1.165) is 12.8 Å². The number of rotatable bonds is 2. The van der Waals surface area contributed by atoms with E-state index < -0.39 is 0 Å². The predicted octanol–water partition coefficient (Wildman–Crippen LogP) is 7.82. The average Bonchev–Trinajstić information content (AvgIpc) is 3.38. The summed E-state index contributed by atoms with van der Waals surface area (Å²) in [5.74, 6) is 0. The van der Waals surface area contributed by atoms with Crippen molar-refractivity contribution in [3.05, 3.63) is 144 Å². The van der Waals surface area contributed by atoms with Gasteiger partial charge in [-0.1, -0.05) is 48.0 Å². The van der Waals surface area contributed by atoms with E-state index in [4.69, 9.17) is 0 Å². The van der Waals surface area contributed by atoms with Crippen molar-refractivity contribution < 1.29 is 25.8 Å². The molecule has 30 heavy (non-hydrogen) atoms. The van der Waals surface area contributed by atoms with Gasteiger partial charge in [0, 0.05) is 25.8 Å². The summed E-state index contributed by atoms with van der Waals surface area (Å²) in [5, 5.41) is 0. The maximum Gasteiger partial charge on any atom is 0 e. The van der Waals surface area contributed by atoms with Gasteiger partial charge in [0.15, 0.2) is 0 Å². The molecule has 0 aromatic heterocycles. The van der Waals surface area contributed by atoms with Crippen LogP contribution in [0.5, 0.6) is 0 Å². The molecule has 3 aromatic carbocycles. The molecule has 0 N–H and O–H groups in total. The van der Waals surface area contributed by atoms with Gasteiger partial charge < -0.3 is 37.1 Å². The van der Waals surface area contributed by atoms with Crippen LogP contribution in [0.3, 0.4) is 0 Å². The summed E-state index contributed by atoms with van der Waals surface area (Å²) >= 11 is 0. The summed E-state index contributed by atoms with van der Waals surface area (Å²) in [6.45, 7) is 0. The van der Waals surface area contributed by atoms with E-state index in [2.05, 4.69) is 48.5 Å². The monoisotopic (exact) mass is 565 g/mol. The molecular formula is C29H37Hf-7. The van der Waals surface area contributed by atoms with E-state index >= 15 is 0 Å². The molecule has 0 nitrogen and oxygen atoms in total. The number of allylic oxidation sites excluding steroid dienone is 2. The zero-order chi connectivity index (χ0) is 16.2. The van der Waals surface area contributed by atoms with Crippen LogP contribution in [-0.2, 0) is 51.5 Å². The van der Waals surface area contributed by atoms with Crippen LogP contribution in [0, 0.1) is 43.2 Å². The van der Waals surface area contributed by atoms with E-state index in [-0.39, 0.29) is 63.0 Å². The van der Waals surface area contributed by atoms with Crippen LogP contribution >= 0.6 is 0 Å². The van der Waals surface area contributed by atoms with Gasteiger partial charge in [-0.2, -0.15) is 23.8 Å². The summed E-state index contributed by atoms with van der Waals surface area (Å²) in [5.41, 5.74) is 9.06. The van der Waals surface area contributed by atoms with Crippen LogP contribution in [0.25, 0.3) is 5.57 Å². The molecule has 3 aromatic rings. The van der Waals surface area contributed by atoms with E-state index in [9.17, 15) is 0 Å². The van der Waals surface area contributed by atoms with Gasteiger partial charge in [-0.15, -0.1) is 17.5 Å². The van der Waals surface area contributed by atoms with Crippen LogP contribution in [0.1, 0.15) is 34.2 Å². The van der Waals surface area contributed by atoms with Gasteiger partial charge in [-0.3, -0.25) is 6.08 Å². The SMILES string of the molecule is [C-]1=C(Cc2ccccc2)c2c(ccc3c2CCC3)C1.[CH3-].[CH3-].[CH3-].[CH3-].[CH3-].[Hf].c1cc[cH-]c1. The standard InChI is InChI=1S/C19H17.C5H5.5CH3.Hf/c1-2-5-14(6-3-1)13-17-12-11-16-10-9-15-7-4-8-18(15)19(16)17;1-2-4-5-3-1;;;;;;/h1-3,5-6,9-10H,4,7-8,11,13H2;1-5H;5*1H3;/q7*-1;. The Morgan fingerprint density at radius 1 is 0.733 bits per heavy atom. The fourth-order valence-electron chi connectivity index (χ4n) is 3.80. The first-order chi connectivity index (χ1) is 11.9. The normalized spacial score (nSPS) is 11.5. The Bertz CT molecular complexity index is 809. The van der Waals surface area contributed by atoms with Gasteiger partial charge in [0.2, 0.25) is 0 Å². The maximum absolute atomic E-state index is 3.62. The van der Waals surface area contributed by atoms with E-state index in [1.807, 2.05) is 30.3 Å². The van der Waals surface area contributed by atoms with Crippen LogP contribution in [0.2, 0.25) is 0 Å². The molecule has 0 saturated carbocycles. The third-order valence-electron chi connectivity index (χ3n) is 4.94. The summed E-state index contributed by atoms with van der Waals surface area (Å²) in [4.78, 5) is 0. The Morgan fingerprint density at radius 3 is 1.97 bits per heavy atom. The average molecular weight is 564 g/mol. The zero-order valence-electron chi connectivity index (χ0n) is 19.5. The Balaban J connectivity index is -0.000000594. The van der Waals surface area contributed by atoms with Crippen molar-refractivity contribution in [3.63, 3.8) is 0 Å². The van der Waals surface area contributed by atoms with Crippen molar-refractivity contribution in [3.8, 4) is 0 Å². The summed E-state index contributed by atoms with van der Waals surface area (Å²) in [6, 6.07) is 25.4. The fraction of sp³-hybridized carbons (Fsp3) is 0.172. The number of fused-ring (bicyclic) bond motifs is 3. The molecule has 164 valence electrons. The largest absolute Gasteiger partial charge is 0.358 e. The molecule has 0 aliphatic heterocycles. The van der Waals surface area contributed by atoms with Gasteiger partial charge >= 0.3 is 0 Å². The minimum absolute atomic E-state index is 0. The molecule has 0 spiro atoms. The third kappa shape index (κ3) is 7.58. The van der Waals surface area contributed by atoms with Crippen LogP contribution in [0.15, 0.2) is 72.8 Å². The minimum Gasteiger partial charge on any atom is -0.358 e. The Hall–Kier alpha value is -1.60. The zero-order valence-corrected chi connectivity index (χ0v) is 23.1. The number of hydrogen-bond donors (Lipinski definition) is 0. The van der Waals surface area contributed by atoms with Crippen LogP contribution in [0.4, 0.5) is 0 Å². The molecule has 1 heteroatoms. The van der Waals surface area contributed by atoms with Gasteiger partial charge in [0.1, 0.15) is 0 Å². The van der Waals surface area contributed by atoms with Crippen LogP contribution in [-0.4, -0.2) is 0 Å². The van der Waals surface area contributed by atoms with E-state index in [1.54, 1.807) is 16.7 Å². The molecule has 0 saturated heterocycles. The molecule has 0 bridgehead atoms. The number of aryl methyl sites for hydroxylation is 1. The molecule has 0 amide bonds. The summed E-state index contributed by atoms with van der Waals surface area (Å²) < 4.78 is 0. The predicted molar refractivity (Wildman–Crippen MR) is 133 cm³/mol. The smallest absolute Gasteiger partial charge is 0 e. The second-order valence-corrected chi connectivity index (χ2v) is 6.55. The molecule has 0 atom stereocenters. The molecule has 0 radical (unpaired) electrons. The van der Waals surface area contributed by atoms with Crippen LogP contribution < -0.4 is 0 Å². The molecule has 0 unspecified atom stereocenters. The molecule has 5 rings (SSSR count). The molecular weight excluding hydrogens is 527 g/mol. The van der Waals surface area contributed by atoms with Crippen molar-refractivity contribution in [1.82, 2.24) is 0 Å². The van der Waals surface area contributed by atoms with Crippen molar-refractivity contribution in [1.29, 1.82) is 0 Å². The first-order valence-electron chi connectivity index (χ1n) is 8.86. The Labute approximate surface area is 206 Å². The van der Waals surface area contributed by atoms with Crippen molar-refractivity contribution >= 4 is 5.57 Å².